The molecule has 1 aromatic heterocycles. The molecule has 3 atom stereocenters. The molecule has 0 radical (unpaired) electrons. The Hall–Kier alpha value is -3.15. The maximum Gasteiger partial charge on any atom is 0.227 e. The highest BCUT2D eigenvalue weighted by molar-refractivity contribution is 5.85. The minimum absolute atomic E-state index is 0.0423. The Morgan fingerprint density at radius 1 is 1.23 bits per heavy atom. The van der Waals surface area contributed by atoms with Crippen LogP contribution in [0.2, 0.25) is 0 Å². The van der Waals surface area contributed by atoms with Gasteiger partial charge in [-0.05, 0) is 35.9 Å². The van der Waals surface area contributed by atoms with Crippen molar-refractivity contribution in [2.45, 2.75) is 18.6 Å². The molecule has 0 spiro atoms. The van der Waals surface area contributed by atoms with Crippen LogP contribution in [0, 0.1) is 11.7 Å². The third-order valence-corrected chi connectivity index (χ3v) is 4.92. The summed E-state index contributed by atoms with van der Waals surface area (Å²) in [5, 5.41) is 2.94. The number of halogens is 1. The van der Waals surface area contributed by atoms with E-state index in [1.54, 1.807) is 12.3 Å². The Kier molecular flexibility index (Phi) is 3.31. The number of hydrogen-bond acceptors (Lipinski definition) is 4. The molecule has 0 bridgehead atoms. The maximum absolute atomic E-state index is 13.4. The fourth-order valence-electron chi connectivity index (χ4n) is 3.63. The molecule has 1 fully saturated rings. The van der Waals surface area contributed by atoms with Crippen molar-refractivity contribution in [3.05, 3.63) is 71.9 Å². The quantitative estimate of drug-likeness (QED) is 0.784. The Morgan fingerprint density at radius 2 is 2.15 bits per heavy atom. The Bertz CT molecular complexity index is 986. The Morgan fingerprint density at radius 3 is 3.00 bits per heavy atom. The molecule has 1 N–H and O–H groups in total. The lowest BCUT2D eigenvalue weighted by Gasteiger charge is -2.10. The molecule has 3 aromatic rings. The van der Waals surface area contributed by atoms with Crippen molar-refractivity contribution in [1.29, 1.82) is 0 Å². The van der Waals surface area contributed by atoms with Gasteiger partial charge in [0.15, 0.2) is 0 Å². The summed E-state index contributed by atoms with van der Waals surface area (Å²) in [6, 6.07) is 12.1. The highest BCUT2D eigenvalue weighted by Gasteiger charge is 2.62. The molecule has 1 amide bonds. The summed E-state index contributed by atoms with van der Waals surface area (Å²) in [4.78, 5) is 16.6. The van der Waals surface area contributed by atoms with Crippen molar-refractivity contribution >= 4 is 5.91 Å². The number of ether oxygens (including phenoxy) is 1. The third kappa shape index (κ3) is 2.45. The molecule has 1 aliphatic heterocycles. The lowest BCUT2D eigenvalue weighted by Crippen LogP contribution is -2.27. The molecule has 2 aromatic carbocycles. The van der Waals surface area contributed by atoms with E-state index in [-0.39, 0.29) is 29.7 Å². The van der Waals surface area contributed by atoms with Crippen LogP contribution >= 0.6 is 0 Å². The summed E-state index contributed by atoms with van der Waals surface area (Å²) >= 11 is 0. The van der Waals surface area contributed by atoms with E-state index in [1.165, 1.54) is 18.4 Å². The van der Waals surface area contributed by atoms with E-state index < -0.39 is 0 Å². The van der Waals surface area contributed by atoms with Crippen LogP contribution in [-0.4, -0.2) is 17.0 Å². The zero-order valence-electron chi connectivity index (χ0n) is 13.7. The van der Waals surface area contributed by atoms with Gasteiger partial charge in [-0.2, -0.15) is 0 Å². The topological polar surface area (TPSA) is 64.4 Å². The van der Waals surface area contributed by atoms with Gasteiger partial charge < -0.3 is 14.5 Å². The van der Waals surface area contributed by atoms with E-state index >= 15 is 0 Å². The van der Waals surface area contributed by atoms with Crippen molar-refractivity contribution in [3.63, 3.8) is 0 Å². The van der Waals surface area contributed by atoms with E-state index in [0.29, 0.717) is 18.2 Å². The van der Waals surface area contributed by atoms with Gasteiger partial charge in [0.05, 0.1) is 12.1 Å². The van der Waals surface area contributed by atoms with E-state index in [0.717, 1.165) is 16.7 Å². The van der Waals surface area contributed by atoms with E-state index in [4.69, 9.17) is 9.15 Å². The zero-order chi connectivity index (χ0) is 17.7. The number of aromatic nitrogens is 1. The molecule has 6 heteroatoms. The van der Waals surface area contributed by atoms with E-state index in [9.17, 15) is 9.18 Å². The smallest absolute Gasteiger partial charge is 0.227 e. The molecule has 3 unspecified atom stereocenters. The van der Waals surface area contributed by atoms with Gasteiger partial charge in [0.2, 0.25) is 11.8 Å². The fourth-order valence-corrected chi connectivity index (χ4v) is 3.63. The summed E-state index contributed by atoms with van der Waals surface area (Å²) in [7, 11) is 0. The maximum atomic E-state index is 13.4. The van der Waals surface area contributed by atoms with E-state index in [1.807, 2.05) is 24.3 Å². The van der Waals surface area contributed by atoms with Gasteiger partial charge in [0.1, 0.15) is 23.9 Å². The molecule has 1 saturated carbocycles. The minimum atomic E-state index is -0.303. The number of oxazole rings is 1. The van der Waals surface area contributed by atoms with Gasteiger partial charge in [-0.1, -0.05) is 12.1 Å². The van der Waals surface area contributed by atoms with Gasteiger partial charge in [-0.3, -0.25) is 4.79 Å². The van der Waals surface area contributed by atoms with Gasteiger partial charge >= 0.3 is 0 Å². The number of nitrogens with one attached hydrogen (secondary N) is 1. The van der Waals surface area contributed by atoms with Crippen LogP contribution in [0.25, 0.3) is 11.5 Å². The van der Waals surface area contributed by atoms with Gasteiger partial charge in [0.25, 0.3) is 0 Å². The molecular formula is C20H15FN2O3. The number of carbonyl (C=O) groups excluding carboxylic acids is 1. The Balaban J connectivity index is 1.25. The number of hydrogen-bond donors (Lipinski definition) is 1. The number of rotatable bonds is 4. The average Bonchev–Trinajstić information content (AvgIpc) is 3.00. The monoisotopic (exact) mass is 350 g/mol. The molecule has 0 saturated heterocycles. The van der Waals surface area contributed by atoms with Crippen LogP contribution in [0.3, 0.4) is 0 Å². The van der Waals surface area contributed by atoms with Crippen molar-refractivity contribution in [3.8, 4) is 17.2 Å². The summed E-state index contributed by atoms with van der Waals surface area (Å²) < 4.78 is 24.5. The molecular weight excluding hydrogens is 335 g/mol. The second kappa shape index (κ2) is 5.69. The van der Waals surface area contributed by atoms with Crippen molar-refractivity contribution in [1.82, 2.24) is 10.3 Å². The minimum Gasteiger partial charge on any atom is -0.489 e. The summed E-state index contributed by atoms with van der Waals surface area (Å²) in [5.41, 5.74) is 2.60. The third-order valence-electron chi connectivity index (χ3n) is 4.92. The summed E-state index contributed by atoms with van der Waals surface area (Å²) in [5.74, 6) is 0.559. The SMILES string of the molecule is O=C(NCc1cccc(-c2ncco2)c1)C1C2Oc3ccc(F)cc3C21. The lowest BCUT2D eigenvalue weighted by molar-refractivity contribution is -0.123. The van der Waals surface area contributed by atoms with Crippen molar-refractivity contribution < 1.29 is 18.3 Å². The summed E-state index contributed by atoms with van der Waals surface area (Å²) in [6.07, 6.45) is 2.94. The number of amides is 1. The second-order valence-electron chi connectivity index (χ2n) is 6.57. The van der Waals surface area contributed by atoms with Crippen molar-refractivity contribution in [2.75, 3.05) is 0 Å². The van der Waals surface area contributed by atoms with Gasteiger partial charge in [-0.15, -0.1) is 0 Å². The van der Waals surface area contributed by atoms with Crippen LogP contribution in [0.1, 0.15) is 17.0 Å². The highest BCUT2D eigenvalue weighted by atomic mass is 19.1. The predicted molar refractivity (Wildman–Crippen MR) is 90.8 cm³/mol. The molecule has 1 aliphatic carbocycles. The number of carbonyl (C=O) groups is 1. The number of fused-ring (bicyclic) bond motifs is 3. The van der Waals surface area contributed by atoms with Crippen LogP contribution in [0.5, 0.6) is 5.75 Å². The van der Waals surface area contributed by atoms with Crippen LogP contribution in [0.4, 0.5) is 4.39 Å². The molecule has 5 nitrogen and oxygen atoms in total. The zero-order valence-corrected chi connectivity index (χ0v) is 13.7. The van der Waals surface area contributed by atoms with Gasteiger partial charge in [-0.25, -0.2) is 9.37 Å². The number of benzene rings is 2. The predicted octanol–water partition coefficient (Wildman–Crippen LogP) is 3.27. The standard InChI is InChI=1S/C20H15FN2O3/c21-13-4-5-15-14(9-13)16-17(18(16)26-15)19(24)23-10-11-2-1-3-12(8-11)20-22-6-7-25-20/h1-9,16-18H,10H2,(H,23,24). The first kappa shape index (κ1) is 15.1. The average molecular weight is 350 g/mol. The first-order chi connectivity index (χ1) is 12.7. The first-order valence-corrected chi connectivity index (χ1v) is 8.43. The van der Waals surface area contributed by atoms with Crippen LogP contribution in [-0.2, 0) is 11.3 Å². The van der Waals surface area contributed by atoms with E-state index in [2.05, 4.69) is 10.3 Å². The second-order valence-corrected chi connectivity index (χ2v) is 6.57. The molecule has 26 heavy (non-hydrogen) atoms. The highest BCUT2D eigenvalue weighted by Crippen LogP contribution is 2.58. The molecule has 2 heterocycles. The largest absolute Gasteiger partial charge is 0.489 e. The fraction of sp³-hybridized carbons (Fsp3) is 0.200. The van der Waals surface area contributed by atoms with Crippen LogP contribution < -0.4 is 10.1 Å². The molecule has 2 aliphatic rings. The lowest BCUT2D eigenvalue weighted by atomic mass is 10.1. The summed E-state index contributed by atoms with van der Waals surface area (Å²) in [6.45, 7) is 0.402. The van der Waals surface area contributed by atoms with Crippen molar-refractivity contribution in [2.24, 2.45) is 5.92 Å². The normalized spacial score (nSPS) is 22.3. The van der Waals surface area contributed by atoms with Crippen LogP contribution in [0.15, 0.2) is 59.3 Å². The van der Waals surface area contributed by atoms with Gasteiger partial charge in [0, 0.05) is 23.6 Å². The number of nitrogens with zero attached hydrogens (tertiary/aromatic N) is 1. The molecule has 130 valence electrons. The Labute approximate surface area is 148 Å². The molecule has 5 rings (SSSR count). The first-order valence-electron chi connectivity index (χ1n) is 8.43.